The molecule has 0 saturated heterocycles. The lowest BCUT2D eigenvalue weighted by molar-refractivity contribution is -0.145. The summed E-state index contributed by atoms with van der Waals surface area (Å²) in [6.07, 6.45) is 0.608. The zero-order valence-corrected chi connectivity index (χ0v) is 9.14. The SMILES string of the molecule is COC(=O)[C@@H](C)CC(N)c1ccccc1. The summed E-state index contributed by atoms with van der Waals surface area (Å²) in [6.45, 7) is 1.83. The van der Waals surface area contributed by atoms with Crippen LogP contribution in [0.4, 0.5) is 0 Å². The zero-order chi connectivity index (χ0) is 11.3. The van der Waals surface area contributed by atoms with Crippen LogP contribution in [0.5, 0.6) is 0 Å². The first-order valence-corrected chi connectivity index (χ1v) is 5.03. The van der Waals surface area contributed by atoms with E-state index in [1.54, 1.807) is 0 Å². The van der Waals surface area contributed by atoms with Crippen LogP contribution >= 0.6 is 0 Å². The van der Waals surface area contributed by atoms with Crippen LogP contribution in [0.3, 0.4) is 0 Å². The fraction of sp³-hybridized carbons (Fsp3) is 0.417. The molecule has 0 aliphatic heterocycles. The van der Waals surface area contributed by atoms with E-state index in [9.17, 15) is 4.79 Å². The second kappa shape index (κ2) is 5.51. The van der Waals surface area contributed by atoms with Gasteiger partial charge in [0, 0.05) is 6.04 Å². The average Bonchev–Trinajstić information content (AvgIpc) is 2.29. The second-order valence-corrected chi connectivity index (χ2v) is 3.68. The van der Waals surface area contributed by atoms with Gasteiger partial charge < -0.3 is 10.5 Å². The van der Waals surface area contributed by atoms with Crippen LogP contribution in [-0.2, 0) is 9.53 Å². The molecule has 0 aliphatic carbocycles. The number of carbonyl (C=O) groups excluding carboxylic acids is 1. The van der Waals surface area contributed by atoms with E-state index >= 15 is 0 Å². The highest BCUT2D eigenvalue weighted by atomic mass is 16.5. The number of carbonyl (C=O) groups is 1. The number of ether oxygens (including phenoxy) is 1. The van der Waals surface area contributed by atoms with Crippen LogP contribution in [-0.4, -0.2) is 13.1 Å². The lowest BCUT2D eigenvalue weighted by atomic mass is 9.97. The zero-order valence-electron chi connectivity index (χ0n) is 9.14. The molecule has 82 valence electrons. The predicted octanol–water partition coefficient (Wildman–Crippen LogP) is 1.89. The van der Waals surface area contributed by atoms with Gasteiger partial charge in [0.1, 0.15) is 0 Å². The van der Waals surface area contributed by atoms with E-state index in [0.29, 0.717) is 6.42 Å². The molecule has 3 nitrogen and oxygen atoms in total. The van der Waals surface area contributed by atoms with Crippen molar-refractivity contribution in [3.05, 3.63) is 35.9 Å². The molecular weight excluding hydrogens is 190 g/mol. The van der Waals surface area contributed by atoms with Crippen molar-refractivity contribution in [3.8, 4) is 0 Å². The van der Waals surface area contributed by atoms with E-state index in [-0.39, 0.29) is 17.9 Å². The number of methoxy groups -OCH3 is 1. The van der Waals surface area contributed by atoms with Crippen molar-refractivity contribution in [3.63, 3.8) is 0 Å². The number of benzene rings is 1. The summed E-state index contributed by atoms with van der Waals surface area (Å²) in [4.78, 5) is 11.2. The molecule has 1 unspecified atom stereocenters. The Morgan fingerprint density at radius 1 is 1.40 bits per heavy atom. The molecule has 1 aromatic rings. The van der Waals surface area contributed by atoms with E-state index in [4.69, 9.17) is 5.73 Å². The molecule has 0 bridgehead atoms. The van der Waals surface area contributed by atoms with Gasteiger partial charge in [0.15, 0.2) is 0 Å². The maximum absolute atomic E-state index is 11.2. The van der Waals surface area contributed by atoms with Gasteiger partial charge in [-0.1, -0.05) is 37.3 Å². The monoisotopic (exact) mass is 207 g/mol. The van der Waals surface area contributed by atoms with Crippen LogP contribution in [0.2, 0.25) is 0 Å². The summed E-state index contributed by atoms with van der Waals surface area (Å²) >= 11 is 0. The fourth-order valence-corrected chi connectivity index (χ4v) is 1.51. The summed E-state index contributed by atoms with van der Waals surface area (Å²) in [5, 5.41) is 0. The minimum absolute atomic E-state index is 0.111. The summed E-state index contributed by atoms with van der Waals surface area (Å²) < 4.78 is 4.65. The van der Waals surface area contributed by atoms with E-state index < -0.39 is 0 Å². The predicted molar refractivity (Wildman–Crippen MR) is 59.2 cm³/mol. The minimum atomic E-state index is -0.207. The van der Waals surface area contributed by atoms with Gasteiger partial charge in [-0.15, -0.1) is 0 Å². The first-order valence-electron chi connectivity index (χ1n) is 5.03. The van der Waals surface area contributed by atoms with Crippen molar-refractivity contribution in [1.29, 1.82) is 0 Å². The lowest BCUT2D eigenvalue weighted by Crippen LogP contribution is -2.20. The van der Waals surface area contributed by atoms with Crippen molar-refractivity contribution < 1.29 is 9.53 Å². The molecule has 15 heavy (non-hydrogen) atoms. The van der Waals surface area contributed by atoms with Crippen LogP contribution < -0.4 is 5.73 Å². The molecule has 0 aromatic heterocycles. The first kappa shape index (κ1) is 11.7. The molecule has 2 N–H and O–H groups in total. The number of nitrogens with two attached hydrogens (primary N) is 1. The summed E-state index contributed by atoms with van der Waals surface area (Å²) in [5.74, 6) is -0.369. The Kier molecular flexibility index (Phi) is 4.31. The quantitative estimate of drug-likeness (QED) is 0.767. The van der Waals surface area contributed by atoms with E-state index in [1.807, 2.05) is 37.3 Å². The van der Waals surface area contributed by atoms with Crippen molar-refractivity contribution >= 4 is 5.97 Å². The van der Waals surface area contributed by atoms with E-state index in [1.165, 1.54) is 7.11 Å². The topological polar surface area (TPSA) is 52.3 Å². The maximum Gasteiger partial charge on any atom is 0.308 e. The molecule has 0 fully saturated rings. The Hall–Kier alpha value is -1.35. The molecule has 1 aromatic carbocycles. The summed E-state index contributed by atoms with van der Waals surface area (Å²) in [5.41, 5.74) is 7.03. The smallest absolute Gasteiger partial charge is 0.308 e. The first-order chi connectivity index (χ1) is 7.15. The second-order valence-electron chi connectivity index (χ2n) is 3.68. The van der Waals surface area contributed by atoms with Crippen LogP contribution in [0, 0.1) is 5.92 Å². The van der Waals surface area contributed by atoms with Gasteiger partial charge in [-0.3, -0.25) is 4.79 Å². The van der Waals surface area contributed by atoms with Crippen molar-refractivity contribution in [2.24, 2.45) is 11.7 Å². The molecule has 0 amide bonds. The lowest BCUT2D eigenvalue weighted by Gasteiger charge is -2.15. The summed E-state index contributed by atoms with van der Waals surface area (Å²) in [7, 11) is 1.40. The highest BCUT2D eigenvalue weighted by molar-refractivity contribution is 5.71. The Labute approximate surface area is 90.2 Å². The van der Waals surface area contributed by atoms with Gasteiger partial charge in [-0.2, -0.15) is 0 Å². The van der Waals surface area contributed by atoms with Gasteiger partial charge >= 0.3 is 5.97 Å². The maximum atomic E-state index is 11.2. The van der Waals surface area contributed by atoms with Crippen LogP contribution in [0.15, 0.2) is 30.3 Å². The standard InChI is InChI=1S/C12H17NO2/c1-9(12(14)15-2)8-11(13)10-6-4-3-5-7-10/h3-7,9,11H,8,13H2,1-2H3/t9-,11?/m0/s1. The van der Waals surface area contributed by atoms with Gasteiger partial charge in [0.25, 0.3) is 0 Å². The third-order valence-corrected chi connectivity index (χ3v) is 2.44. The Morgan fingerprint density at radius 2 is 2.00 bits per heavy atom. The van der Waals surface area contributed by atoms with Gasteiger partial charge in [0.05, 0.1) is 13.0 Å². The minimum Gasteiger partial charge on any atom is -0.469 e. The van der Waals surface area contributed by atoms with Crippen molar-refractivity contribution in [2.45, 2.75) is 19.4 Å². The average molecular weight is 207 g/mol. The van der Waals surface area contributed by atoms with Crippen molar-refractivity contribution in [2.75, 3.05) is 7.11 Å². The Balaban J connectivity index is 2.56. The number of hydrogen-bond donors (Lipinski definition) is 1. The van der Waals surface area contributed by atoms with Gasteiger partial charge in [0.2, 0.25) is 0 Å². The number of esters is 1. The van der Waals surface area contributed by atoms with E-state index in [0.717, 1.165) is 5.56 Å². The largest absolute Gasteiger partial charge is 0.469 e. The molecule has 3 heteroatoms. The van der Waals surface area contributed by atoms with Gasteiger partial charge in [-0.05, 0) is 12.0 Å². The third-order valence-electron chi connectivity index (χ3n) is 2.44. The molecule has 0 radical (unpaired) electrons. The van der Waals surface area contributed by atoms with Crippen LogP contribution in [0.25, 0.3) is 0 Å². The molecule has 0 spiro atoms. The molecule has 1 rings (SSSR count). The molecule has 0 saturated carbocycles. The molecular formula is C12H17NO2. The van der Waals surface area contributed by atoms with Crippen LogP contribution in [0.1, 0.15) is 24.9 Å². The summed E-state index contributed by atoms with van der Waals surface area (Å²) in [6, 6.07) is 9.65. The third kappa shape index (κ3) is 3.36. The van der Waals surface area contributed by atoms with Gasteiger partial charge in [-0.25, -0.2) is 0 Å². The highest BCUT2D eigenvalue weighted by Crippen LogP contribution is 2.19. The molecule has 0 aliphatic rings. The number of rotatable bonds is 4. The molecule has 0 heterocycles. The normalized spacial score (nSPS) is 14.3. The fourth-order valence-electron chi connectivity index (χ4n) is 1.51. The molecule has 2 atom stereocenters. The Bertz CT molecular complexity index is 311. The Morgan fingerprint density at radius 3 is 2.53 bits per heavy atom. The van der Waals surface area contributed by atoms with Crippen molar-refractivity contribution in [1.82, 2.24) is 0 Å². The van der Waals surface area contributed by atoms with E-state index in [2.05, 4.69) is 4.74 Å². The highest BCUT2D eigenvalue weighted by Gasteiger charge is 2.17. The number of hydrogen-bond acceptors (Lipinski definition) is 3.